The number of aryl methyl sites for hydroxylation is 1. The summed E-state index contributed by atoms with van der Waals surface area (Å²) in [6.45, 7) is 9.46. The molecule has 3 heterocycles. The molecule has 3 N–H and O–H groups in total. The summed E-state index contributed by atoms with van der Waals surface area (Å²) >= 11 is 1.52. The molecule has 1 saturated carbocycles. The van der Waals surface area contributed by atoms with E-state index in [9.17, 15) is 9.59 Å². The van der Waals surface area contributed by atoms with Crippen molar-refractivity contribution < 1.29 is 9.59 Å². The number of fused-ring (bicyclic) bond motifs is 2. The lowest BCUT2D eigenvalue weighted by molar-refractivity contribution is 0.0860. The van der Waals surface area contributed by atoms with E-state index in [1.807, 2.05) is 25.1 Å². The molecule has 2 aliphatic rings. The Morgan fingerprint density at radius 1 is 1.14 bits per heavy atom. The first-order chi connectivity index (χ1) is 16.9. The van der Waals surface area contributed by atoms with Crippen LogP contribution in [0.25, 0.3) is 10.9 Å². The lowest BCUT2D eigenvalue weighted by Gasteiger charge is -2.32. The van der Waals surface area contributed by atoms with Gasteiger partial charge in [0.15, 0.2) is 5.01 Å². The van der Waals surface area contributed by atoms with Crippen molar-refractivity contribution in [2.45, 2.75) is 71.5 Å². The molecule has 8 heteroatoms. The molecule has 7 nitrogen and oxygen atoms in total. The third kappa shape index (κ3) is 5.43. The molecule has 186 valence electrons. The van der Waals surface area contributed by atoms with Crippen LogP contribution in [0.5, 0.6) is 0 Å². The molecule has 0 spiro atoms. The number of rotatable bonds is 6. The second kappa shape index (κ2) is 10.1. The van der Waals surface area contributed by atoms with E-state index >= 15 is 0 Å². The number of benzene rings is 1. The van der Waals surface area contributed by atoms with Crippen LogP contribution >= 0.6 is 11.3 Å². The van der Waals surface area contributed by atoms with E-state index in [-0.39, 0.29) is 23.9 Å². The molecule has 1 aromatic carbocycles. The number of carbonyl (C=O) groups excluding carboxylic acids is 2. The van der Waals surface area contributed by atoms with Crippen molar-refractivity contribution in [2.75, 3.05) is 13.1 Å². The van der Waals surface area contributed by atoms with Crippen LogP contribution in [-0.2, 0) is 13.0 Å². The van der Waals surface area contributed by atoms with Crippen molar-refractivity contribution in [2.24, 2.45) is 5.92 Å². The number of hydrogen-bond acceptors (Lipinski definition) is 5. The molecular weight excluding hydrogens is 458 g/mol. The predicted octanol–water partition coefficient (Wildman–Crippen LogP) is 4.42. The molecule has 0 radical (unpaired) electrons. The normalized spacial score (nSPS) is 20.7. The molecule has 3 aromatic rings. The lowest BCUT2D eigenvalue weighted by Crippen LogP contribution is -2.53. The van der Waals surface area contributed by atoms with Gasteiger partial charge < -0.3 is 15.6 Å². The van der Waals surface area contributed by atoms with Crippen LogP contribution in [0.15, 0.2) is 24.3 Å². The Balaban J connectivity index is 1.24. The van der Waals surface area contributed by atoms with Crippen LogP contribution in [0.2, 0.25) is 0 Å². The van der Waals surface area contributed by atoms with Crippen molar-refractivity contribution in [3.63, 3.8) is 0 Å². The zero-order valence-electron chi connectivity index (χ0n) is 20.8. The van der Waals surface area contributed by atoms with E-state index in [2.05, 4.69) is 45.4 Å². The highest BCUT2D eigenvalue weighted by Crippen LogP contribution is 2.27. The Labute approximate surface area is 210 Å². The van der Waals surface area contributed by atoms with Crippen LogP contribution in [-0.4, -0.2) is 51.9 Å². The minimum absolute atomic E-state index is 0.0924. The summed E-state index contributed by atoms with van der Waals surface area (Å²) in [6, 6.07) is 7.82. The average Bonchev–Trinajstić information content (AvgIpc) is 3.43. The summed E-state index contributed by atoms with van der Waals surface area (Å²) in [5.74, 6) is 0.381. The second-order valence-electron chi connectivity index (χ2n) is 10.5. The highest BCUT2D eigenvalue weighted by Gasteiger charge is 2.30. The highest BCUT2D eigenvalue weighted by molar-refractivity contribution is 7.13. The van der Waals surface area contributed by atoms with Gasteiger partial charge in [0.2, 0.25) is 0 Å². The van der Waals surface area contributed by atoms with Gasteiger partial charge in [0.1, 0.15) is 5.69 Å². The standard InChI is InChI=1S/C27H35N5O2S/c1-16(2)14-32-11-10-22-24(15-32)35-27(31-22)26(34)30-21-7-5-4-6-20(21)29-25(33)23-13-18-12-17(3)8-9-19(18)28-23/h8-9,12-13,16,20-21,28H,4-7,10-11,14-15H2,1-3H3,(H,29,33)(H,30,34)/t20-,21+/m0/s1. The molecule has 2 aromatic heterocycles. The Morgan fingerprint density at radius 3 is 2.63 bits per heavy atom. The first-order valence-corrected chi connectivity index (χ1v) is 13.6. The third-order valence-electron chi connectivity index (χ3n) is 7.05. The maximum absolute atomic E-state index is 13.1. The van der Waals surface area contributed by atoms with Crippen molar-refractivity contribution in [1.82, 2.24) is 25.5 Å². The number of H-pyrrole nitrogens is 1. The van der Waals surface area contributed by atoms with Crippen LogP contribution in [0.1, 0.15) is 76.0 Å². The van der Waals surface area contributed by atoms with Gasteiger partial charge in [-0.1, -0.05) is 38.3 Å². The van der Waals surface area contributed by atoms with Gasteiger partial charge in [0.05, 0.1) is 5.69 Å². The largest absolute Gasteiger partial charge is 0.351 e. The van der Waals surface area contributed by atoms with Gasteiger partial charge in [-0.3, -0.25) is 14.5 Å². The Hall–Kier alpha value is -2.71. The van der Waals surface area contributed by atoms with E-state index < -0.39 is 0 Å². The van der Waals surface area contributed by atoms with Crippen molar-refractivity contribution in [1.29, 1.82) is 0 Å². The first kappa shape index (κ1) is 24.0. The number of carbonyl (C=O) groups is 2. The molecule has 1 aliphatic carbocycles. The van der Waals surface area contributed by atoms with Gasteiger partial charge in [0, 0.05) is 53.9 Å². The van der Waals surface area contributed by atoms with Crippen LogP contribution in [0, 0.1) is 12.8 Å². The molecule has 35 heavy (non-hydrogen) atoms. The average molecular weight is 494 g/mol. The van der Waals surface area contributed by atoms with E-state index in [1.54, 1.807) is 0 Å². The highest BCUT2D eigenvalue weighted by atomic mass is 32.1. The minimum Gasteiger partial charge on any atom is -0.351 e. The van der Waals surface area contributed by atoms with E-state index in [4.69, 9.17) is 0 Å². The van der Waals surface area contributed by atoms with Gasteiger partial charge in [-0.05, 0) is 43.9 Å². The summed E-state index contributed by atoms with van der Waals surface area (Å²) in [5, 5.41) is 7.96. The number of hydrogen-bond donors (Lipinski definition) is 3. The zero-order chi connectivity index (χ0) is 24.5. The third-order valence-corrected chi connectivity index (χ3v) is 8.13. The monoisotopic (exact) mass is 493 g/mol. The number of nitrogens with zero attached hydrogens (tertiary/aromatic N) is 2. The van der Waals surface area contributed by atoms with Gasteiger partial charge >= 0.3 is 0 Å². The van der Waals surface area contributed by atoms with E-state index in [0.29, 0.717) is 16.6 Å². The molecule has 0 unspecified atom stereocenters. The van der Waals surface area contributed by atoms with Crippen molar-refractivity contribution >= 4 is 34.1 Å². The minimum atomic E-state index is -0.125. The number of aromatic amines is 1. The number of amides is 2. The van der Waals surface area contributed by atoms with E-state index in [0.717, 1.165) is 73.9 Å². The Kier molecular flexibility index (Phi) is 6.93. The number of nitrogens with one attached hydrogen (secondary N) is 3. The summed E-state index contributed by atoms with van der Waals surface area (Å²) in [6.07, 6.45) is 4.70. The summed E-state index contributed by atoms with van der Waals surface area (Å²) < 4.78 is 0. The molecule has 1 fully saturated rings. The first-order valence-electron chi connectivity index (χ1n) is 12.8. The fourth-order valence-corrected chi connectivity index (χ4v) is 6.40. The SMILES string of the molecule is Cc1ccc2[nH]c(C(=O)N[C@H]3CCCC[C@H]3NC(=O)c3nc4c(s3)CN(CC(C)C)CC4)cc2c1. The maximum atomic E-state index is 13.1. The number of aromatic nitrogens is 2. The Bertz CT molecular complexity index is 1230. The number of thiazole rings is 1. The van der Waals surface area contributed by atoms with Gasteiger partial charge in [-0.15, -0.1) is 11.3 Å². The van der Waals surface area contributed by atoms with Crippen LogP contribution < -0.4 is 10.6 Å². The second-order valence-corrected chi connectivity index (χ2v) is 11.6. The Morgan fingerprint density at radius 2 is 1.89 bits per heavy atom. The molecule has 0 bridgehead atoms. The van der Waals surface area contributed by atoms with Crippen LogP contribution in [0.4, 0.5) is 0 Å². The fraction of sp³-hybridized carbons (Fsp3) is 0.519. The smallest absolute Gasteiger partial charge is 0.280 e. The van der Waals surface area contributed by atoms with Gasteiger partial charge in [-0.2, -0.15) is 0 Å². The quantitative estimate of drug-likeness (QED) is 0.474. The fourth-order valence-electron chi connectivity index (χ4n) is 5.34. The molecular formula is C27H35N5O2S. The molecule has 1 aliphatic heterocycles. The summed E-state index contributed by atoms with van der Waals surface area (Å²) in [4.78, 5) is 37.8. The summed E-state index contributed by atoms with van der Waals surface area (Å²) in [5.41, 5.74) is 3.74. The van der Waals surface area contributed by atoms with E-state index in [1.165, 1.54) is 16.2 Å². The van der Waals surface area contributed by atoms with Crippen molar-refractivity contribution in [3.05, 3.63) is 51.1 Å². The topological polar surface area (TPSA) is 90.1 Å². The molecule has 5 rings (SSSR count). The molecule has 0 saturated heterocycles. The van der Waals surface area contributed by atoms with Gasteiger partial charge in [-0.25, -0.2) is 4.98 Å². The maximum Gasteiger partial charge on any atom is 0.280 e. The molecule has 2 atom stereocenters. The summed E-state index contributed by atoms with van der Waals surface area (Å²) in [7, 11) is 0. The van der Waals surface area contributed by atoms with Crippen LogP contribution in [0.3, 0.4) is 0 Å². The predicted molar refractivity (Wildman–Crippen MR) is 140 cm³/mol. The molecule has 2 amide bonds. The van der Waals surface area contributed by atoms with Gasteiger partial charge in [0.25, 0.3) is 11.8 Å². The zero-order valence-corrected chi connectivity index (χ0v) is 21.6. The van der Waals surface area contributed by atoms with Crippen molar-refractivity contribution in [3.8, 4) is 0 Å². The lowest BCUT2D eigenvalue weighted by atomic mass is 9.90.